The summed E-state index contributed by atoms with van der Waals surface area (Å²) in [7, 11) is 0. The highest BCUT2D eigenvalue weighted by atomic mass is 16.3. The molecule has 0 aliphatic heterocycles. The van der Waals surface area contributed by atoms with Crippen molar-refractivity contribution in [3.05, 3.63) is 18.0 Å². The highest BCUT2D eigenvalue weighted by Gasteiger charge is 2.09. The second-order valence-corrected chi connectivity index (χ2v) is 4.99. The molecule has 0 aliphatic rings. The Kier molecular flexibility index (Phi) is 5.65. The first-order valence-corrected chi connectivity index (χ1v) is 6.47. The van der Waals surface area contributed by atoms with Gasteiger partial charge in [-0.1, -0.05) is 20.8 Å². The van der Waals surface area contributed by atoms with Gasteiger partial charge in [-0.3, -0.25) is 4.68 Å². The Balaban J connectivity index is 2.35. The smallest absolute Gasteiger partial charge is 0.0762 e. The van der Waals surface area contributed by atoms with E-state index >= 15 is 0 Å². The van der Waals surface area contributed by atoms with Gasteiger partial charge >= 0.3 is 0 Å². The highest BCUT2D eigenvalue weighted by Crippen LogP contribution is 2.09. The third-order valence-corrected chi connectivity index (χ3v) is 3.14. The van der Waals surface area contributed by atoms with Gasteiger partial charge in [-0.25, -0.2) is 0 Å². The molecule has 1 heterocycles. The molecule has 0 bridgehead atoms. The SMILES string of the molecule is CCC(C)n1ccc(CNCC(O)C(C)C)n1. The maximum atomic E-state index is 9.65. The van der Waals surface area contributed by atoms with Crippen LogP contribution in [-0.2, 0) is 6.54 Å². The lowest BCUT2D eigenvalue weighted by molar-refractivity contribution is 0.123. The molecule has 4 heteroatoms. The highest BCUT2D eigenvalue weighted by molar-refractivity contribution is 4.99. The van der Waals surface area contributed by atoms with E-state index in [1.54, 1.807) is 0 Å². The van der Waals surface area contributed by atoms with Gasteiger partial charge in [0.15, 0.2) is 0 Å². The van der Waals surface area contributed by atoms with Gasteiger partial charge in [0.2, 0.25) is 0 Å². The van der Waals surface area contributed by atoms with E-state index < -0.39 is 0 Å². The Bertz CT molecular complexity index is 322. The van der Waals surface area contributed by atoms with Crippen LogP contribution >= 0.6 is 0 Å². The van der Waals surface area contributed by atoms with Gasteiger partial charge in [0.25, 0.3) is 0 Å². The molecule has 0 saturated carbocycles. The largest absolute Gasteiger partial charge is 0.392 e. The van der Waals surface area contributed by atoms with Crippen molar-refractivity contribution >= 4 is 0 Å². The van der Waals surface area contributed by atoms with Crippen LogP contribution in [0.4, 0.5) is 0 Å². The van der Waals surface area contributed by atoms with Crippen LogP contribution in [0.2, 0.25) is 0 Å². The first-order valence-electron chi connectivity index (χ1n) is 6.47. The molecular formula is C13H25N3O. The molecule has 2 unspecified atom stereocenters. The number of aromatic nitrogens is 2. The van der Waals surface area contributed by atoms with E-state index in [2.05, 4.69) is 24.3 Å². The molecule has 1 aromatic rings. The Labute approximate surface area is 104 Å². The van der Waals surface area contributed by atoms with Crippen molar-refractivity contribution in [3.8, 4) is 0 Å². The average molecular weight is 239 g/mol. The van der Waals surface area contributed by atoms with Gasteiger partial charge in [0.1, 0.15) is 0 Å². The predicted molar refractivity (Wildman–Crippen MR) is 69.8 cm³/mol. The second-order valence-electron chi connectivity index (χ2n) is 4.99. The summed E-state index contributed by atoms with van der Waals surface area (Å²) in [6.45, 7) is 9.69. The van der Waals surface area contributed by atoms with E-state index in [0.29, 0.717) is 25.0 Å². The molecule has 0 saturated heterocycles. The standard InChI is InChI=1S/C13H25N3O/c1-5-11(4)16-7-6-12(15-16)8-14-9-13(17)10(2)3/h6-7,10-11,13-14,17H,5,8-9H2,1-4H3. The Morgan fingerprint density at radius 3 is 2.71 bits per heavy atom. The van der Waals surface area contributed by atoms with Gasteiger partial charge in [-0.05, 0) is 25.3 Å². The third kappa shape index (κ3) is 4.48. The molecule has 0 aromatic carbocycles. The molecule has 1 rings (SSSR count). The molecule has 0 spiro atoms. The van der Waals surface area contributed by atoms with E-state index in [4.69, 9.17) is 0 Å². The summed E-state index contributed by atoms with van der Waals surface area (Å²) in [5, 5.41) is 17.4. The lowest BCUT2D eigenvalue weighted by Crippen LogP contribution is -2.30. The number of rotatable bonds is 7. The van der Waals surface area contributed by atoms with Gasteiger partial charge in [-0.15, -0.1) is 0 Å². The van der Waals surface area contributed by atoms with Gasteiger partial charge in [0, 0.05) is 25.3 Å². The zero-order valence-electron chi connectivity index (χ0n) is 11.3. The maximum absolute atomic E-state index is 9.65. The van der Waals surface area contributed by atoms with Crippen LogP contribution in [0.5, 0.6) is 0 Å². The monoisotopic (exact) mass is 239 g/mol. The molecule has 4 nitrogen and oxygen atoms in total. The minimum absolute atomic E-state index is 0.286. The number of hydrogen-bond acceptors (Lipinski definition) is 3. The van der Waals surface area contributed by atoms with E-state index in [0.717, 1.165) is 12.1 Å². The van der Waals surface area contributed by atoms with Crippen LogP contribution in [0.25, 0.3) is 0 Å². The molecule has 1 aromatic heterocycles. The van der Waals surface area contributed by atoms with E-state index in [-0.39, 0.29) is 6.10 Å². The van der Waals surface area contributed by atoms with Crippen LogP contribution in [-0.4, -0.2) is 27.5 Å². The van der Waals surface area contributed by atoms with Crippen LogP contribution < -0.4 is 5.32 Å². The number of aliphatic hydroxyl groups excluding tert-OH is 1. The number of hydrogen-bond donors (Lipinski definition) is 2. The maximum Gasteiger partial charge on any atom is 0.0762 e. The van der Waals surface area contributed by atoms with Crippen molar-refractivity contribution in [2.24, 2.45) is 5.92 Å². The summed E-state index contributed by atoms with van der Waals surface area (Å²) in [6, 6.07) is 2.48. The summed E-state index contributed by atoms with van der Waals surface area (Å²) in [6.07, 6.45) is 2.82. The quantitative estimate of drug-likeness (QED) is 0.764. The molecule has 2 N–H and O–H groups in total. The van der Waals surface area contributed by atoms with Crippen LogP contribution in [0.15, 0.2) is 12.3 Å². The Morgan fingerprint density at radius 1 is 1.41 bits per heavy atom. The minimum atomic E-state index is -0.286. The van der Waals surface area contributed by atoms with E-state index in [1.807, 2.05) is 30.8 Å². The number of aliphatic hydroxyl groups is 1. The van der Waals surface area contributed by atoms with Gasteiger partial charge in [0.05, 0.1) is 11.8 Å². The average Bonchev–Trinajstić information content (AvgIpc) is 2.76. The van der Waals surface area contributed by atoms with Crippen molar-refractivity contribution in [1.29, 1.82) is 0 Å². The van der Waals surface area contributed by atoms with E-state index in [9.17, 15) is 5.11 Å². The minimum Gasteiger partial charge on any atom is -0.392 e. The van der Waals surface area contributed by atoms with Gasteiger partial charge < -0.3 is 10.4 Å². The molecule has 0 fully saturated rings. The molecule has 17 heavy (non-hydrogen) atoms. The van der Waals surface area contributed by atoms with Crippen molar-refractivity contribution in [1.82, 2.24) is 15.1 Å². The molecule has 2 atom stereocenters. The van der Waals surface area contributed by atoms with E-state index in [1.165, 1.54) is 0 Å². The zero-order chi connectivity index (χ0) is 12.8. The zero-order valence-corrected chi connectivity index (χ0v) is 11.3. The van der Waals surface area contributed by atoms with Crippen LogP contribution in [0.3, 0.4) is 0 Å². The van der Waals surface area contributed by atoms with Crippen molar-refractivity contribution in [2.75, 3.05) is 6.54 Å². The molecule has 98 valence electrons. The lowest BCUT2D eigenvalue weighted by atomic mass is 10.1. The topological polar surface area (TPSA) is 50.1 Å². The van der Waals surface area contributed by atoms with Crippen molar-refractivity contribution in [2.45, 2.75) is 52.8 Å². The summed E-state index contributed by atoms with van der Waals surface area (Å²) >= 11 is 0. The fourth-order valence-electron chi connectivity index (χ4n) is 1.49. The first kappa shape index (κ1) is 14.2. The van der Waals surface area contributed by atoms with Crippen molar-refractivity contribution < 1.29 is 5.11 Å². The molecule has 0 amide bonds. The fourth-order valence-corrected chi connectivity index (χ4v) is 1.49. The van der Waals surface area contributed by atoms with Crippen LogP contribution in [0, 0.1) is 5.92 Å². The lowest BCUT2D eigenvalue weighted by Gasteiger charge is -2.14. The third-order valence-electron chi connectivity index (χ3n) is 3.14. The molecule has 0 radical (unpaired) electrons. The summed E-state index contributed by atoms with van der Waals surface area (Å²) in [5.74, 6) is 0.292. The summed E-state index contributed by atoms with van der Waals surface area (Å²) in [5.41, 5.74) is 1.03. The second kappa shape index (κ2) is 6.77. The van der Waals surface area contributed by atoms with Gasteiger partial charge in [-0.2, -0.15) is 5.10 Å². The number of nitrogens with zero attached hydrogens (tertiary/aromatic N) is 2. The Hall–Kier alpha value is -0.870. The predicted octanol–water partition coefficient (Wildman–Crippen LogP) is 1.96. The normalized spacial score (nSPS) is 15.2. The first-order chi connectivity index (χ1) is 8.04. The summed E-state index contributed by atoms with van der Waals surface area (Å²) < 4.78 is 2.00. The summed E-state index contributed by atoms with van der Waals surface area (Å²) in [4.78, 5) is 0. The van der Waals surface area contributed by atoms with Crippen LogP contribution in [0.1, 0.15) is 45.9 Å². The fraction of sp³-hybridized carbons (Fsp3) is 0.769. The molecular weight excluding hydrogens is 214 g/mol. The van der Waals surface area contributed by atoms with Crippen molar-refractivity contribution in [3.63, 3.8) is 0 Å². The number of nitrogens with one attached hydrogen (secondary N) is 1. The molecule has 0 aliphatic carbocycles. The Morgan fingerprint density at radius 2 is 2.12 bits per heavy atom.